The van der Waals surface area contributed by atoms with Crippen molar-refractivity contribution in [1.82, 2.24) is 4.90 Å². The molecule has 2 rings (SSSR count). The Morgan fingerprint density at radius 3 is 2.61 bits per heavy atom. The summed E-state index contributed by atoms with van der Waals surface area (Å²) in [4.78, 5) is 25.0. The minimum atomic E-state index is -0.911. The van der Waals surface area contributed by atoms with Crippen molar-refractivity contribution in [3.8, 4) is 0 Å². The third-order valence-corrected chi connectivity index (χ3v) is 5.32. The molecule has 0 spiro atoms. The molecule has 1 aliphatic carbocycles. The van der Waals surface area contributed by atoms with Crippen LogP contribution in [0.3, 0.4) is 0 Å². The Balaban J connectivity index is 2.06. The maximum absolute atomic E-state index is 12.3. The zero-order valence-corrected chi connectivity index (χ0v) is 11.4. The van der Waals surface area contributed by atoms with Gasteiger partial charge in [0.1, 0.15) is 6.04 Å². The van der Waals surface area contributed by atoms with E-state index in [4.69, 9.17) is 5.73 Å². The molecule has 1 saturated heterocycles. The number of carboxylic acid groups (broad SMARTS) is 1. The lowest BCUT2D eigenvalue weighted by Crippen LogP contribution is -2.53. The molecule has 2 aliphatic rings. The van der Waals surface area contributed by atoms with Crippen LogP contribution in [0, 0.1) is 0 Å². The van der Waals surface area contributed by atoms with Gasteiger partial charge >= 0.3 is 5.97 Å². The summed E-state index contributed by atoms with van der Waals surface area (Å²) in [5, 5.41) is 9.17. The first-order valence-electron chi connectivity index (χ1n) is 6.41. The fraction of sp³-hybridized carbons (Fsp3) is 0.833. The van der Waals surface area contributed by atoms with Gasteiger partial charge in [-0.15, -0.1) is 11.8 Å². The van der Waals surface area contributed by atoms with Gasteiger partial charge in [-0.1, -0.05) is 6.92 Å². The molecule has 0 aromatic rings. The van der Waals surface area contributed by atoms with Crippen LogP contribution in [0.5, 0.6) is 0 Å². The standard InChI is InChI=1S/C12H20N2O3S/c1-2-10-14(8(7-18-10)11(16)17)9(15)6-12(13)4-3-5-12/h8,10H,2-7,13H2,1H3,(H,16,17). The predicted octanol–water partition coefficient (Wildman–Crippen LogP) is 1.02. The molecule has 1 amide bonds. The molecular weight excluding hydrogens is 252 g/mol. The van der Waals surface area contributed by atoms with Gasteiger partial charge in [-0.2, -0.15) is 0 Å². The van der Waals surface area contributed by atoms with Crippen molar-refractivity contribution in [3.63, 3.8) is 0 Å². The number of carbonyl (C=O) groups is 2. The number of hydrogen-bond donors (Lipinski definition) is 2. The van der Waals surface area contributed by atoms with Crippen LogP contribution in [-0.2, 0) is 9.59 Å². The van der Waals surface area contributed by atoms with E-state index >= 15 is 0 Å². The molecule has 1 heterocycles. The van der Waals surface area contributed by atoms with E-state index in [1.54, 1.807) is 16.7 Å². The van der Waals surface area contributed by atoms with Gasteiger partial charge < -0.3 is 15.7 Å². The van der Waals surface area contributed by atoms with E-state index in [0.29, 0.717) is 5.75 Å². The maximum Gasteiger partial charge on any atom is 0.327 e. The van der Waals surface area contributed by atoms with Crippen molar-refractivity contribution in [2.75, 3.05) is 5.75 Å². The van der Waals surface area contributed by atoms with Crippen LogP contribution < -0.4 is 5.73 Å². The summed E-state index contributed by atoms with van der Waals surface area (Å²) in [5.74, 6) is -0.523. The monoisotopic (exact) mass is 272 g/mol. The second-order valence-corrected chi connectivity index (χ2v) is 6.45. The third-order valence-electron chi connectivity index (χ3n) is 3.87. The molecule has 102 valence electrons. The molecular formula is C12H20N2O3S. The molecule has 3 N–H and O–H groups in total. The van der Waals surface area contributed by atoms with Crippen LogP contribution in [0.15, 0.2) is 0 Å². The molecule has 2 unspecified atom stereocenters. The van der Waals surface area contributed by atoms with Crippen molar-refractivity contribution in [2.45, 2.75) is 56.0 Å². The van der Waals surface area contributed by atoms with E-state index in [9.17, 15) is 14.7 Å². The molecule has 5 nitrogen and oxygen atoms in total. The summed E-state index contributed by atoms with van der Waals surface area (Å²) in [7, 11) is 0. The lowest BCUT2D eigenvalue weighted by molar-refractivity contribution is -0.150. The van der Waals surface area contributed by atoms with E-state index in [0.717, 1.165) is 25.7 Å². The van der Waals surface area contributed by atoms with Crippen LogP contribution in [-0.4, -0.2) is 44.6 Å². The highest BCUT2D eigenvalue weighted by Gasteiger charge is 2.44. The number of rotatable bonds is 4. The molecule has 6 heteroatoms. The number of carboxylic acids is 1. The highest BCUT2D eigenvalue weighted by Crippen LogP contribution is 2.36. The molecule has 2 atom stereocenters. The fourth-order valence-corrected chi connectivity index (χ4v) is 3.97. The van der Waals surface area contributed by atoms with E-state index in [1.165, 1.54) is 0 Å². The molecule has 18 heavy (non-hydrogen) atoms. The van der Waals surface area contributed by atoms with Crippen molar-refractivity contribution in [1.29, 1.82) is 0 Å². The van der Waals surface area contributed by atoms with E-state index in [1.807, 2.05) is 6.92 Å². The Bertz CT molecular complexity index is 357. The number of thioether (sulfide) groups is 1. The summed E-state index contributed by atoms with van der Waals surface area (Å²) >= 11 is 1.55. The molecule has 1 aliphatic heterocycles. The minimum absolute atomic E-state index is 0.0118. The number of amides is 1. The van der Waals surface area contributed by atoms with Crippen molar-refractivity contribution < 1.29 is 14.7 Å². The zero-order valence-electron chi connectivity index (χ0n) is 10.6. The highest BCUT2D eigenvalue weighted by molar-refractivity contribution is 8.00. The average molecular weight is 272 g/mol. The molecule has 0 bridgehead atoms. The summed E-state index contributed by atoms with van der Waals surface area (Å²) in [5.41, 5.74) is 5.69. The topological polar surface area (TPSA) is 83.6 Å². The van der Waals surface area contributed by atoms with Crippen LogP contribution in [0.25, 0.3) is 0 Å². The molecule has 0 radical (unpaired) electrons. The smallest absolute Gasteiger partial charge is 0.327 e. The van der Waals surface area contributed by atoms with E-state index < -0.39 is 12.0 Å². The number of nitrogens with two attached hydrogens (primary N) is 1. The van der Waals surface area contributed by atoms with Crippen molar-refractivity contribution in [2.24, 2.45) is 5.73 Å². The van der Waals surface area contributed by atoms with Gasteiger partial charge in [0, 0.05) is 17.7 Å². The van der Waals surface area contributed by atoms with Gasteiger partial charge in [0.2, 0.25) is 5.91 Å². The number of aliphatic carboxylic acids is 1. The van der Waals surface area contributed by atoms with Crippen LogP contribution in [0.1, 0.15) is 39.0 Å². The van der Waals surface area contributed by atoms with Gasteiger partial charge in [0.25, 0.3) is 0 Å². The Hall–Kier alpha value is -0.750. The third kappa shape index (κ3) is 2.49. The molecule has 2 fully saturated rings. The summed E-state index contributed by atoms with van der Waals surface area (Å²) in [6.45, 7) is 1.98. The summed E-state index contributed by atoms with van der Waals surface area (Å²) in [6.07, 6.45) is 3.87. The molecule has 0 aromatic heterocycles. The van der Waals surface area contributed by atoms with Crippen LogP contribution in [0.4, 0.5) is 0 Å². The van der Waals surface area contributed by atoms with Crippen molar-refractivity contribution in [3.05, 3.63) is 0 Å². The van der Waals surface area contributed by atoms with Gasteiger partial charge in [0.05, 0.1) is 5.37 Å². The van der Waals surface area contributed by atoms with Crippen LogP contribution in [0.2, 0.25) is 0 Å². The quantitative estimate of drug-likeness (QED) is 0.798. The van der Waals surface area contributed by atoms with Gasteiger partial charge in [-0.25, -0.2) is 4.79 Å². The highest BCUT2D eigenvalue weighted by atomic mass is 32.2. The Morgan fingerprint density at radius 2 is 2.17 bits per heavy atom. The average Bonchev–Trinajstić information content (AvgIpc) is 2.70. The Kier molecular flexibility index (Phi) is 3.87. The summed E-state index contributed by atoms with van der Waals surface area (Å²) in [6, 6.07) is -0.684. The normalized spacial score (nSPS) is 30.0. The van der Waals surface area contributed by atoms with Gasteiger partial charge in [-0.3, -0.25) is 4.79 Å². The number of hydrogen-bond acceptors (Lipinski definition) is 4. The first kappa shape index (κ1) is 13.7. The first-order valence-corrected chi connectivity index (χ1v) is 7.46. The lowest BCUT2D eigenvalue weighted by Gasteiger charge is -2.39. The Morgan fingerprint density at radius 1 is 1.50 bits per heavy atom. The van der Waals surface area contributed by atoms with Crippen molar-refractivity contribution >= 4 is 23.6 Å². The number of carbonyl (C=O) groups excluding carboxylic acids is 1. The Labute approximate surface area is 111 Å². The van der Waals surface area contributed by atoms with Crippen LogP contribution >= 0.6 is 11.8 Å². The van der Waals surface area contributed by atoms with Gasteiger partial charge in [-0.05, 0) is 25.7 Å². The van der Waals surface area contributed by atoms with E-state index in [-0.39, 0.29) is 23.2 Å². The first-order chi connectivity index (χ1) is 8.47. The fourth-order valence-electron chi connectivity index (χ4n) is 2.60. The van der Waals surface area contributed by atoms with Gasteiger partial charge in [0.15, 0.2) is 0 Å². The summed E-state index contributed by atoms with van der Waals surface area (Å²) < 4.78 is 0. The largest absolute Gasteiger partial charge is 0.480 e. The maximum atomic E-state index is 12.3. The second-order valence-electron chi connectivity index (χ2n) is 5.24. The number of nitrogens with zero attached hydrogens (tertiary/aromatic N) is 1. The second kappa shape index (κ2) is 5.09. The molecule has 0 aromatic carbocycles. The zero-order chi connectivity index (χ0) is 13.3. The minimum Gasteiger partial charge on any atom is -0.480 e. The predicted molar refractivity (Wildman–Crippen MR) is 70.2 cm³/mol. The molecule has 1 saturated carbocycles. The lowest BCUT2D eigenvalue weighted by atomic mass is 9.75. The van der Waals surface area contributed by atoms with E-state index in [2.05, 4.69) is 0 Å². The SMILES string of the molecule is CCC1SCC(C(=O)O)N1C(=O)CC1(N)CCC1.